The molecule has 0 N–H and O–H groups in total. The van der Waals surface area contributed by atoms with Gasteiger partial charge in [0.2, 0.25) is 0 Å². The van der Waals surface area contributed by atoms with E-state index in [0.717, 1.165) is 4.90 Å². The molecule has 0 fully saturated rings. The van der Waals surface area contributed by atoms with Crippen LogP contribution in [0.5, 0.6) is 5.75 Å². The van der Waals surface area contributed by atoms with Crippen LogP contribution in [0.1, 0.15) is 5.56 Å². The van der Waals surface area contributed by atoms with Crippen molar-refractivity contribution in [3.63, 3.8) is 0 Å². The maximum atomic E-state index is 11.7. The van der Waals surface area contributed by atoms with Crippen LogP contribution in [0.15, 0.2) is 24.3 Å². The first-order valence-corrected chi connectivity index (χ1v) is 5.36. The highest BCUT2D eigenvalue weighted by molar-refractivity contribution is 5.78. The van der Waals surface area contributed by atoms with Crippen LogP contribution in [0.25, 0.3) is 0 Å². The van der Waals surface area contributed by atoms with Crippen molar-refractivity contribution in [3.8, 4) is 24.0 Å². The van der Waals surface area contributed by atoms with E-state index >= 15 is 0 Å². The monoisotopic (exact) mass is 254 g/mol. The number of para-hydroxylation sites is 1. The molecule has 0 atom stereocenters. The van der Waals surface area contributed by atoms with Gasteiger partial charge >= 0.3 is 0 Å². The number of benzene rings is 1. The lowest BCUT2D eigenvalue weighted by molar-refractivity contribution is -0.132. The van der Waals surface area contributed by atoms with Crippen LogP contribution in [-0.4, -0.2) is 30.5 Å². The fourth-order valence-corrected chi connectivity index (χ4v) is 1.32. The van der Waals surface area contributed by atoms with Crippen molar-refractivity contribution in [2.75, 3.05) is 19.7 Å². The molecular weight excluding hydrogens is 244 g/mol. The van der Waals surface area contributed by atoms with Gasteiger partial charge in [0.15, 0.2) is 6.61 Å². The Morgan fingerprint density at radius 1 is 1.16 bits per heavy atom. The maximum absolute atomic E-state index is 11.7. The molecule has 19 heavy (non-hydrogen) atoms. The summed E-state index contributed by atoms with van der Waals surface area (Å²) in [5.41, 5.74) is 0.322. The summed E-state index contributed by atoms with van der Waals surface area (Å²) in [7, 11) is 0. The molecule has 0 heterocycles. The SMILES string of the molecule is N#CCN(CC#N)C(=O)COc1ccccc1C#N. The number of rotatable bonds is 5. The van der Waals surface area contributed by atoms with E-state index in [4.69, 9.17) is 20.5 Å². The number of carbonyl (C=O) groups is 1. The minimum atomic E-state index is -0.476. The zero-order valence-corrected chi connectivity index (χ0v) is 10.0. The second-order valence-corrected chi connectivity index (χ2v) is 3.46. The molecule has 0 radical (unpaired) electrons. The fourth-order valence-electron chi connectivity index (χ4n) is 1.32. The van der Waals surface area contributed by atoms with Gasteiger partial charge in [-0.25, -0.2) is 0 Å². The average molecular weight is 254 g/mol. The van der Waals surface area contributed by atoms with Gasteiger partial charge in [0.1, 0.15) is 24.9 Å². The molecular formula is C13H10N4O2. The number of ether oxygens (including phenoxy) is 1. The first kappa shape index (κ1) is 14.0. The van der Waals surface area contributed by atoms with Crippen molar-refractivity contribution in [2.45, 2.75) is 0 Å². The van der Waals surface area contributed by atoms with Gasteiger partial charge in [-0.05, 0) is 12.1 Å². The fraction of sp³-hybridized carbons (Fsp3) is 0.231. The molecule has 1 amide bonds. The van der Waals surface area contributed by atoms with E-state index in [1.54, 1.807) is 36.4 Å². The number of nitrogens with zero attached hydrogens (tertiary/aromatic N) is 4. The lowest BCUT2D eigenvalue weighted by atomic mass is 10.2. The van der Waals surface area contributed by atoms with Gasteiger partial charge in [0, 0.05) is 0 Å². The predicted octanol–water partition coefficient (Wildman–Crippen LogP) is 0.813. The van der Waals surface area contributed by atoms with Crippen molar-refractivity contribution in [2.24, 2.45) is 0 Å². The van der Waals surface area contributed by atoms with E-state index in [0.29, 0.717) is 11.3 Å². The molecule has 0 spiro atoms. The summed E-state index contributed by atoms with van der Waals surface area (Å²) in [5.74, 6) is -0.178. The number of carbonyl (C=O) groups excluding carboxylic acids is 1. The van der Waals surface area contributed by atoms with Crippen LogP contribution >= 0.6 is 0 Å². The van der Waals surface area contributed by atoms with E-state index < -0.39 is 5.91 Å². The van der Waals surface area contributed by atoms with Crippen LogP contribution in [0.2, 0.25) is 0 Å². The zero-order chi connectivity index (χ0) is 14.1. The number of hydrogen-bond acceptors (Lipinski definition) is 5. The topological polar surface area (TPSA) is 101 Å². The summed E-state index contributed by atoms with van der Waals surface area (Å²) in [4.78, 5) is 12.8. The molecule has 0 unspecified atom stereocenters. The Kier molecular flexibility index (Phi) is 5.40. The van der Waals surface area contributed by atoms with Crippen LogP contribution in [-0.2, 0) is 4.79 Å². The Bertz CT molecular complexity index is 562. The third-order valence-corrected chi connectivity index (χ3v) is 2.23. The molecule has 0 aromatic heterocycles. The number of hydrogen-bond donors (Lipinski definition) is 0. The summed E-state index contributed by atoms with van der Waals surface area (Å²) in [6.45, 7) is -0.659. The normalized spacial score (nSPS) is 8.68. The summed E-state index contributed by atoms with van der Waals surface area (Å²) in [6, 6.07) is 12.1. The van der Waals surface area contributed by atoms with Gasteiger partial charge in [0.25, 0.3) is 5.91 Å². The molecule has 0 aliphatic heterocycles. The van der Waals surface area contributed by atoms with Gasteiger partial charge < -0.3 is 9.64 Å². The highest BCUT2D eigenvalue weighted by Gasteiger charge is 2.14. The molecule has 6 nitrogen and oxygen atoms in total. The highest BCUT2D eigenvalue weighted by atomic mass is 16.5. The third kappa shape index (κ3) is 4.03. The quantitative estimate of drug-likeness (QED) is 0.724. The Hall–Kier alpha value is -3.04. The molecule has 0 saturated heterocycles. The Balaban J connectivity index is 2.66. The van der Waals surface area contributed by atoms with Crippen LogP contribution in [0.3, 0.4) is 0 Å². The van der Waals surface area contributed by atoms with Gasteiger partial charge in [0.05, 0.1) is 17.7 Å². The highest BCUT2D eigenvalue weighted by Crippen LogP contribution is 2.16. The van der Waals surface area contributed by atoms with Crippen molar-refractivity contribution in [3.05, 3.63) is 29.8 Å². The summed E-state index contributed by atoms with van der Waals surface area (Å²) in [6.07, 6.45) is 0. The van der Waals surface area contributed by atoms with Gasteiger partial charge in [-0.2, -0.15) is 15.8 Å². The Morgan fingerprint density at radius 3 is 2.37 bits per heavy atom. The molecule has 0 saturated carbocycles. The number of amides is 1. The second-order valence-electron chi connectivity index (χ2n) is 3.46. The van der Waals surface area contributed by atoms with Gasteiger partial charge in [-0.15, -0.1) is 0 Å². The predicted molar refractivity (Wildman–Crippen MR) is 64.5 cm³/mol. The van der Waals surface area contributed by atoms with Crippen molar-refractivity contribution in [1.29, 1.82) is 15.8 Å². The minimum absolute atomic E-state index is 0.171. The molecule has 1 rings (SSSR count). The van der Waals surface area contributed by atoms with E-state index in [9.17, 15) is 4.79 Å². The minimum Gasteiger partial charge on any atom is -0.482 e. The van der Waals surface area contributed by atoms with Gasteiger partial charge in [-0.1, -0.05) is 12.1 Å². The molecule has 0 aliphatic rings. The maximum Gasteiger partial charge on any atom is 0.262 e. The van der Waals surface area contributed by atoms with Crippen molar-refractivity contribution < 1.29 is 9.53 Å². The van der Waals surface area contributed by atoms with Gasteiger partial charge in [-0.3, -0.25) is 4.79 Å². The Morgan fingerprint density at radius 2 is 1.79 bits per heavy atom. The first-order chi connectivity index (χ1) is 9.22. The largest absolute Gasteiger partial charge is 0.482 e. The van der Waals surface area contributed by atoms with Crippen LogP contribution in [0.4, 0.5) is 0 Å². The lowest BCUT2D eigenvalue weighted by Gasteiger charge is -2.16. The smallest absolute Gasteiger partial charge is 0.262 e. The third-order valence-electron chi connectivity index (χ3n) is 2.23. The van der Waals surface area contributed by atoms with Crippen LogP contribution in [0, 0.1) is 34.0 Å². The first-order valence-electron chi connectivity index (χ1n) is 5.36. The molecule has 94 valence electrons. The molecule has 0 bridgehead atoms. The molecule has 1 aromatic carbocycles. The summed E-state index contributed by atoms with van der Waals surface area (Å²) < 4.78 is 5.23. The van der Waals surface area contributed by atoms with E-state index in [1.807, 2.05) is 6.07 Å². The molecule has 0 aliphatic carbocycles. The summed E-state index contributed by atoms with van der Waals surface area (Å²) >= 11 is 0. The lowest BCUT2D eigenvalue weighted by Crippen LogP contribution is -2.35. The molecule has 1 aromatic rings. The second kappa shape index (κ2) is 7.32. The van der Waals surface area contributed by atoms with E-state index in [-0.39, 0.29) is 19.7 Å². The van der Waals surface area contributed by atoms with Crippen LogP contribution < -0.4 is 4.74 Å². The van der Waals surface area contributed by atoms with E-state index in [1.165, 1.54) is 0 Å². The number of nitriles is 3. The van der Waals surface area contributed by atoms with Crippen molar-refractivity contribution >= 4 is 5.91 Å². The standard InChI is InChI=1S/C13H10N4O2/c14-5-7-17(8-6-15)13(18)10-19-12-4-2-1-3-11(12)9-16/h1-4H,7-8,10H2. The van der Waals surface area contributed by atoms with Crippen molar-refractivity contribution in [1.82, 2.24) is 4.90 Å². The Labute approximate surface area is 110 Å². The zero-order valence-electron chi connectivity index (χ0n) is 10.0. The summed E-state index contributed by atoms with van der Waals surface area (Å²) in [5, 5.41) is 25.9. The van der Waals surface area contributed by atoms with E-state index in [2.05, 4.69) is 0 Å². The molecule has 6 heteroatoms. The average Bonchev–Trinajstić information content (AvgIpc) is 2.44.